The molecule has 26 heavy (non-hydrogen) atoms. The molecule has 2 heterocycles. The standard InChI is InChI=1S/C15H11F3N6OS/c16-15(17,18)11-5-6-20-13(22-11)25-10-3-1-9(2-4-10)7-21-24-14-23-12(19)8-26-14/h1-8H,19H2,(H,23,24). The van der Waals surface area contributed by atoms with Crippen molar-refractivity contribution in [3.05, 3.63) is 53.2 Å². The van der Waals surface area contributed by atoms with Gasteiger partial charge in [-0.2, -0.15) is 23.3 Å². The summed E-state index contributed by atoms with van der Waals surface area (Å²) >= 11 is 1.32. The van der Waals surface area contributed by atoms with Gasteiger partial charge in [0.25, 0.3) is 0 Å². The van der Waals surface area contributed by atoms with Crippen LogP contribution in [0.25, 0.3) is 0 Å². The third-order valence-corrected chi connectivity index (χ3v) is 3.67. The van der Waals surface area contributed by atoms with Gasteiger partial charge in [-0.3, -0.25) is 5.43 Å². The summed E-state index contributed by atoms with van der Waals surface area (Å²) in [6.07, 6.45) is -2.03. The van der Waals surface area contributed by atoms with Gasteiger partial charge in [0.2, 0.25) is 5.13 Å². The third-order valence-electron chi connectivity index (χ3n) is 2.91. The van der Waals surface area contributed by atoms with Gasteiger partial charge in [-0.05, 0) is 35.9 Å². The Morgan fingerprint density at radius 1 is 1.15 bits per heavy atom. The molecule has 0 amide bonds. The summed E-state index contributed by atoms with van der Waals surface area (Å²) in [5.41, 5.74) is 7.89. The molecule has 3 N–H and O–H groups in total. The molecule has 0 atom stereocenters. The Labute approximate surface area is 149 Å². The number of nitrogens with two attached hydrogens (primary N) is 1. The first kappa shape index (κ1) is 17.6. The topological polar surface area (TPSA) is 98.3 Å². The van der Waals surface area contributed by atoms with Crippen LogP contribution in [0, 0.1) is 0 Å². The number of halogens is 3. The molecule has 134 valence electrons. The fraction of sp³-hybridized carbons (Fsp3) is 0.0667. The second-order valence-corrected chi connectivity index (χ2v) is 5.70. The molecule has 0 aliphatic rings. The van der Waals surface area contributed by atoms with Gasteiger partial charge in [0.1, 0.15) is 11.6 Å². The number of hydrogen-bond donors (Lipinski definition) is 2. The number of nitrogens with zero attached hydrogens (tertiary/aromatic N) is 4. The number of alkyl halides is 3. The number of aromatic nitrogens is 3. The number of ether oxygens (including phenoxy) is 1. The van der Waals surface area contributed by atoms with E-state index in [2.05, 4.69) is 25.5 Å². The lowest BCUT2D eigenvalue weighted by atomic mass is 10.2. The summed E-state index contributed by atoms with van der Waals surface area (Å²) in [6.45, 7) is 0. The molecule has 7 nitrogen and oxygen atoms in total. The molecule has 3 rings (SSSR count). The Morgan fingerprint density at radius 2 is 1.92 bits per heavy atom. The molecule has 11 heteroatoms. The fourth-order valence-electron chi connectivity index (χ4n) is 1.77. The molecule has 0 spiro atoms. The molecular formula is C15H11F3N6OS. The SMILES string of the molecule is Nc1csc(NN=Cc2ccc(Oc3nccc(C(F)(F)F)n3)cc2)n1. The largest absolute Gasteiger partial charge is 0.433 e. The van der Waals surface area contributed by atoms with Gasteiger partial charge in [-0.15, -0.1) is 11.3 Å². The summed E-state index contributed by atoms with van der Waals surface area (Å²) in [5.74, 6) is 0.702. The number of hydrazone groups is 1. The summed E-state index contributed by atoms with van der Waals surface area (Å²) < 4.78 is 43.1. The Bertz CT molecular complexity index is 910. The van der Waals surface area contributed by atoms with E-state index in [0.717, 1.165) is 17.8 Å². The zero-order chi connectivity index (χ0) is 18.6. The number of nitrogens with one attached hydrogen (secondary N) is 1. The van der Waals surface area contributed by atoms with Crippen molar-refractivity contribution in [1.82, 2.24) is 15.0 Å². The maximum Gasteiger partial charge on any atom is 0.433 e. The van der Waals surface area contributed by atoms with E-state index in [1.54, 1.807) is 35.9 Å². The van der Waals surface area contributed by atoms with Gasteiger partial charge in [0.15, 0.2) is 5.69 Å². The lowest BCUT2D eigenvalue weighted by molar-refractivity contribution is -0.141. The van der Waals surface area contributed by atoms with E-state index in [9.17, 15) is 13.2 Å². The molecule has 0 radical (unpaired) electrons. The van der Waals surface area contributed by atoms with Crippen molar-refractivity contribution in [2.24, 2.45) is 5.10 Å². The van der Waals surface area contributed by atoms with Crippen molar-refractivity contribution in [3.8, 4) is 11.8 Å². The first-order valence-electron chi connectivity index (χ1n) is 7.08. The number of hydrogen-bond acceptors (Lipinski definition) is 8. The number of rotatable bonds is 5. The van der Waals surface area contributed by atoms with E-state index >= 15 is 0 Å². The van der Waals surface area contributed by atoms with Crippen LogP contribution in [0.4, 0.5) is 24.1 Å². The Morgan fingerprint density at radius 3 is 2.58 bits per heavy atom. The maximum atomic E-state index is 12.6. The second-order valence-electron chi connectivity index (χ2n) is 4.84. The van der Waals surface area contributed by atoms with Crippen LogP contribution in [-0.2, 0) is 6.18 Å². The van der Waals surface area contributed by atoms with Gasteiger partial charge in [-0.25, -0.2) is 9.97 Å². The normalized spacial score (nSPS) is 11.7. The molecule has 2 aromatic heterocycles. The monoisotopic (exact) mass is 380 g/mol. The lowest BCUT2D eigenvalue weighted by Gasteiger charge is -2.07. The van der Waals surface area contributed by atoms with Gasteiger partial charge in [0.05, 0.1) is 6.21 Å². The van der Waals surface area contributed by atoms with Crippen LogP contribution in [0.1, 0.15) is 11.3 Å². The molecule has 0 aliphatic carbocycles. The fourth-order valence-corrected chi connectivity index (χ4v) is 2.32. The molecule has 0 bridgehead atoms. The van der Waals surface area contributed by atoms with Crippen LogP contribution in [0.5, 0.6) is 11.8 Å². The maximum absolute atomic E-state index is 12.6. The van der Waals surface area contributed by atoms with Gasteiger partial charge < -0.3 is 10.5 Å². The highest BCUT2D eigenvalue weighted by Crippen LogP contribution is 2.28. The predicted octanol–water partition coefficient (Wildman–Crippen LogP) is 3.77. The summed E-state index contributed by atoms with van der Waals surface area (Å²) in [6, 6.07) is 6.85. The molecule has 0 saturated carbocycles. The van der Waals surface area contributed by atoms with E-state index in [1.165, 1.54) is 11.3 Å². The number of thiazole rings is 1. The first-order chi connectivity index (χ1) is 12.4. The van der Waals surface area contributed by atoms with E-state index in [0.29, 0.717) is 16.7 Å². The highest BCUT2D eigenvalue weighted by molar-refractivity contribution is 7.14. The molecule has 0 fully saturated rings. The van der Waals surface area contributed by atoms with Crippen LogP contribution < -0.4 is 15.9 Å². The average Bonchev–Trinajstić information content (AvgIpc) is 3.01. The minimum Gasteiger partial charge on any atom is -0.424 e. The summed E-state index contributed by atoms with van der Waals surface area (Å²) in [4.78, 5) is 11.0. The van der Waals surface area contributed by atoms with Crippen LogP contribution in [0.3, 0.4) is 0 Å². The van der Waals surface area contributed by atoms with Gasteiger partial charge in [-0.1, -0.05) is 0 Å². The van der Waals surface area contributed by atoms with Gasteiger partial charge in [0, 0.05) is 11.6 Å². The highest BCUT2D eigenvalue weighted by Gasteiger charge is 2.33. The van der Waals surface area contributed by atoms with Crippen molar-refractivity contribution < 1.29 is 17.9 Å². The molecular weight excluding hydrogens is 369 g/mol. The van der Waals surface area contributed by atoms with E-state index in [4.69, 9.17) is 10.5 Å². The number of nitrogen functional groups attached to an aromatic ring is 1. The molecule has 3 aromatic rings. The predicted molar refractivity (Wildman–Crippen MR) is 91.3 cm³/mol. The number of benzene rings is 1. The third kappa shape index (κ3) is 4.66. The van der Waals surface area contributed by atoms with Crippen molar-refractivity contribution >= 4 is 28.5 Å². The Hall–Kier alpha value is -3.21. The minimum absolute atomic E-state index is 0.294. The van der Waals surface area contributed by atoms with Crippen LogP contribution in [0.15, 0.2) is 47.0 Å². The van der Waals surface area contributed by atoms with Crippen LogP contribution >= 0.6 is 11.3 Å². The van der Waals surface area contributed by atoms with Gasteiger partial charge >= 0.3 is 12.2 Å². The zero-order valence-corrected chi connectivity index (χ0v) is 13.8. The molecule has 0 aliphatic heterocycles. The Balaban J connectivity index is 1.62. The smallest absolute Gasteiger partial charge is 0.424 e. The van der Waals surface area contributed by atoms with Crippen molar-refractivity contribution in [2.75, 3.05) is 11.2 Å². The quantitative estimate of drug-likeness (QED) is 0.516. The molecule has 0 saturated heterocycles. The van der Waals surface area contributed by atoms with E-state index in [-0.39, 0.29) is 6.01 Å². The first-order valence-corrected chi connectivity index (χ1v) is 7.96. The molecule has 1 aromatic carbocycles. The van der Waals surface area contributed by atoms with Crippen molar-refractivity contribution in [1.29, 1.82) is 0 Å². The molecule has 0 unspecified atom stereocenters. The van der Waals surface area contributed by atoms with E-state index < -0.39 is 11.9 Å². The van der Waals surface area contributed by atoms with Crippen molar-refractivity contribution in [2.45, 2.75) is 6.18 Å². The van der Waals surface area contributed by atoms with Crippen LogP contribution in [-0.4, -0.2) is 21.2 Å². The summed E-state index contributed by atoms with van der Waals surface area (Å²) in [7, 11) is 0. The number of anilines is 2. The van der Waals surface area contributed by atoms with Crippen LogP contribution in [0.2, 0.25) is 0 Å². The zero-order valence-electron chi connectivity index (χ0n) is 12.9. The minimum atomic E-state index is -4.56. The van der Waals surface area contributed by atoms with Crippen molar-refractivity contribution in [3.63, 3.8) is 0 Å². The second kappa shape index (κ2) is 7.35. The lowest BCUT2D eigenvalue weighted by Crippen LogP contribution is -2.08. The Kier molecular flexibility index (Phi) is 4.98. The average molecular weight is 380 g/mol. The highest BCUT2D eigenvalue weighted by atomic mass is 32.1. The van der Waals surface area contributed by atoms with E-state index in [1.807, 2.05) is 0 Å². The summed E-state index contributed by atoms with van der Waals surface area (Å²) in [5, 5.41) is 6.24.